The molecule has 2 N–H and O–H groups in total. The number of anilines is 2. The van der Waals surface area contributed by atoms with Crippen LogP contribution in [-0.4, -0.2) is 52.8 Å². The van der Waals surface area contributed by atoms with E-state index < -0.39 is 22.9 Å². The smallest absolute Gasteiger partial charge is 0.410 e. The largest absolute Gasteiger partial charge is 0.462 e. The van der Waals surface area contributed by atoms with Crippen molar-refractivity contribution in [2.24, 2.45) is 0 Å². The fraction of sp³-hybridized carbons (Fsp3) is 0.440. The molecule has 1 aromatic carbocycles. The van der Waals surface area contributed by atoms with Crippen LogP contribution in [-0.2, 0) is 32.0 Å². The van der Waals surface area contributed by atoms with Gasteiger partial charge < -0.3 is 20.1 Å². The van der Waals surface area contributed by atoms with E-state index in [0.29, 0.717) is 24.2 Å². The van der Waals surface area contributed by atoms with E-state index in [9.17, 15) is 19.2 Å². The highest BCUT2D eigenvalue weighted by Crippen LogP contribution is 2.43. The minimum absolute atomic E-state index is 0.00711. The lowest BCUT2D eigenvalue weighted by Crippen LogP contribution is -2.39. The Hall–Kier alpha value is -3.05. The second kappa shape index (κ2) is 10.1. The Kier molecular flexibility index (Phi) is 7.33. The van der Waals surface area contributed by atoms with Crippen molar-refractivity contribution in [2.75, 3.05) is 23.8 Å². The van der Waals surface area contributed by atoms with Gasteiger partial charge in [-0.1, -0.05) is 6.07 Å². The van der Waals surface area contributed by atoms with Crippen molar-refractivity contribution in [3.05, 3.63) is 40.3 Å². The number of thioether (sulfide) groups is 1. The molecule has 1 atom stereocenters. The number of benzene rings is 1. The normalized spacial score (nSPS) is 17.8. The Morgan fingerprint density at radius 3 is 2.67 bits per heavy atom. The summed E-state index contributed by atoms with van der Waals surface area (Å²) in [5, 5.41) is -0.373. The molecule has 11 heteroatoms. The third-order valence-corrected chi connectivity index (χ3v) is 8.00. The van der Waals surface area contributed by atoms with Gasteiger partial charge in [-0.05, 0) is 57.9 Å². The minimum atomic E-state index is -0.640. The lowest BCUT2D eigenvalue weighted by molar-refractivity contribution is -0.121. The van der Waals surface area contributed by atoms with Crippen LogP contribution in [0.3, 0.4) is 0 Å². The summed E-state index contributed by atoms with van der Waals surface area (Å²) in [5.41, 5.74) is 6.73. The number of thiophene rings is 1. The summed E-state index contributed by atoms with van der Waals surface area (Å²) < 4.78 is 10.8. The van der Waals surface area contributed by atoms with Gasteiger partial charge in [-0.25, -0.2) is 14.5 Å². The van der Waals surface area contributed by atoms with Crippen LogP contribution in [0.25, 0.3) is 0 Å². The first kappa shape index (κ1) is 26.0. The Morgan fingerprint density at radius 2 is 2.00 bits per heavy atom. The predicted octanol–water partition coefficient (Wildman–Crippen LogP) is 4.22. The Labute approximate surface area is 217 Å². The summed E-state index contributed by atoms with van der Waals surface area (Å²) in [6, 6.07) is 7.13. The Balaban J connectivity index is 1.65. The SMILES string of the molecule is CCOC(=O)c1c(N2C(=O)CC(Sc3cccc(N)c3)C2=O)sc2c1CCN(C(=O)OC(C)(C)C)C2. The first-order valence-corrected chi connectivity index (χ1v) is 13.4. The van der Waals surface area contributed by atoms with E-state index >= 15 is 0 Å². The molecule has 2 aliphatic rings. The number of fused-ring (bicyclic) bond motifs is 1. The third-order valence-electron chi connectivity index (χ3n) is 5.61. The van der Waals surface area contributed by atoms with Crippen LogP contribution in [0.15, 0.2) is 29.2 Å². The lowest BCUT2D eigenvalue weighted by Gasteiger charge is -2.30. The number of carbonyl (C=O) groups is 4. The molecule has 2 aliphatic heterocycles. The van der Waals surface area contributed by atoms with Crippen molar-refractivity contribution in [1.82, 2.24) is 4.90 Å². The molecule has 1 fully saturated rings. The number of hydrogen-bond acceptors (Lipinski definition) is 9. The molecule has 9 nitrogen and oxygen atoms in total. The number of amides is 3. The topological polar surface area (TPSA) is 119 Å². The first-order chi connectivity index (χ1) is 17.0. The molecule has 2 aromatic rings. The fourth-order valence-electron chi connectivity index (χ4n) is 4.10. The van der Waals surface area contributed by atoms with Crippen molar-refractivity contribution >= 4 is 57.7 Å². The van der Waals surface area contributed by atoms with Gasteiger partial charge in [-0.2, -0.15) is 0 Å². The minimum Gasteiger partial charge on any atom is -0.462 e. The molecule has 3 amide bonds. The molecule has 4 rings (SSSR count). The van der Waals surface area contributed by atoms with Crippen LogP contribution in [0.2, 0.25) is 0 Å². The maximum absolute atomic E-state index is 13.4. The van der Waals surface area contributed by atoms with Gasteiger partial charge in [0.1, 0.15) is 10.6 Å². The van der Waals surface area contributed by atoms with Gasteiger partial charge in [0.2, 0.25) is 11.8 Å². The van der Waals surface area contributed by atoms with Crippen molar-refractivity contribution in [3.8, 4) is 0 Å². The van der Waals surface area contributed by atoms with Gasteiger partial charge in [0.05, 0.1) is 24.0 Å². The highest BCUT2D eigenvalue weighted by atomic mass is 32.2. The number of imide groups is 1. The van der Waals surface area contributed by atoms with Gasteiger partial charge in [0.25, 0.3) is 0 Å². The van der Waals surface area contributed by atoms with Crippen molar-refractivity contribution in [2.45, 2.75) is 62.8 Å². The molecule has 1 saturated heterocycles. The van der Waals surface area contributed by atoms with Crippen LogP contribution in [0.1, 0.15) is 54.9 Å². The standard InChI is InChI=1S/C25H29N3O6S2/c1-5-33-23(31)20-16-9-10-27(24(32)34-25(2,3)4)13-18(16)36-22(20)28-19(29)12-17(21(28)30)35-15-8-6-7-14(26)11-15/h6-8,11,17H,5,9-10,12-13,26H2,1-4H3. The van der Waals surface area contributed by atoms with Gasteiger partial charge >= 0.3 is 12.1 Å². The van der Waals surface area contributed by atoms with E-state index in [4.69, 9.17) is 15.2 Å². The average molecular weight is 532 g/mol. The number of esters is 1. The van der Waals surface area contributed by atoms with Crippen molar-refractivity contribution in [3.63, 3.8) is 0 Å². The zero-order valence-electron chi connectivity index (χ0n) is 20.7. The summed E-state index contributed by atoms with van der Waals surface area (Å²) in [4.78, 5) is 56.3. The fourth-order valence-corrected chi connectivity index (χ4v) is 6.60. The van der Waals surface area contributed by atoms with E-state index in [-0.39, 0.29) is 42.0 Å². The third kappa shape index (κ3) is 5.36. The van der Waals surface area contributed by atoms with Gasteiger partial charge in [0, 0.05) is 28.4 Å². The molecular formula is C25H29N3O6S2. The Morgan fingerprint density at radius 1 is 1.25 bits per heavy atom. The number of carbonyl (C=O) groups excluding carboxylic acids is 4. The van der Waals surface area contributed by atoms with Gasteiger partial charge in [0.15, 0.2) is 0 Å². The highest BCUT2D eigenvalue weighted by molar-refractivity contribution is 8.00. The van der Waals surface area contributed by atoms with Crippen LogP contribution in [0.5, 0.6) is 0 Å². The number of ether oxygens (including phenoxy) is 2. The molecule has 36 heavy (non-hydrogen) atoms. The first-order valence-electron chi connectivity index (χ1n) is 11.7. The van der Waals surface area contributed by atoms with Crippen molar-refractivity contribution < 1.29 is 28.7 Å². The van der Waals surface area contributed by atoms with E-state index in [2.05, 4.69) is 0 Å². The summed E-state index contributed by atoms with van der Waals surface area (Å²) in [7, 11) is 0. The van der Waals surface area contributed by atoms with Crippen molar-refractivity contribution in [1.29, 1.82) is 0 Å². The molecule has 0 spiro atoms. The molecule has 192 valence electrons. The van der Waals surface area contributed by atoms with Gasteiger partial charge in [-0.3, -0.25) is 9.59 Å². The summed E-state index contributed by atoms with van der Waals surface area (Å²) in [5.74, 6) is -1.35. The molecule has 0 radical (unpaired) electrons. The number of nitrogens with two attached hydrogens (primary N) is 1. The molecule has 0 aliphatic carbocycles. The summed E-state index contributed by atoms with van der Waals surface area (Å²) in [6.07, 6.45) is -0.0583. The zero-order chi connectivity index (χ0) is 26.2. The molecule has 0 saturated carbocycles. The van der Waals surface area contributed by atoms with Crippen LogP contribution in [0.4, 0.5) is 15.5 Å². The zero-order valence-corrected chi connectivity index (χ0v) is 22.3. The van der Waals surface area contributed by atoms with E-state index in [0.717, 1.165) is 14.7 Å². The Bertz CT molecular complexity index is 1220. The quantitative estimate of drug-likeness (QED) is 0.346. The average Bonchev–Trinajstić information content (AvgIpc) is 3.28. The van der Waals surface area contributed by atoms with Crippen LogP contribution < -0.4 is 10.6 Å². The van der Waals surface area contributed by atoms with E-state index in [1.807, 2.05) is 6.07 Å². The number of nitrogens with zero attached hydrogens (tertiary/aromatic N) is 2. The number of hydrogen-bond donors (Lipinski definition) is 1. The number of nitrogen functional groups attached to an aromatic ring is 1. The molecule has 1 unspecified atom stereocenters. The lowest BCUT2D eigenvalue weighted by atomic mass is 10.0. The van der Waals surface area contributed by atoms with Crippen LogP contribution in [0, 0.1) is 0 Å². The maximum atomic E-state index is 13.4. The monoisotopic (exact) mass is 531 g/mol. The summed E-state index contributed by atoms with van der Waals surface area (Å²) >= 11 is 2.45. The molecular weight excluding hydrogens is 502 g/mol. The predicted molar refractivity (Wildman–Crippen MR) is 138 cm³/mol. The van der Waals surface area contributed by atoms with E-state index in [1.165, 1.54) is 23.1 Å². The number of rotatable bonds is 5. The van der Waals surface area contributed by atoms with E-state index in [1.54, 1.807) is 50.8 Å². The summed E-state index contributed by atoms with van der Waals surface area (Å²) in [6.45, 7) is 7.81. The maximum Gasteiger partial charge on any atom is 0.410 e. The molecule has 3 heterocycles. The second-order valence-corrected chi connectivity index (χ2v) is 11.9. The highest BCUT2D eigenvalue weighted by Gasteiger charge is 2.44. The van der Waals surface area contributed by atoms with Gasteiger partial charge in [-0.15, -0.1) is 23.1 Å². The van der Waals surface area contributed by atoms with Crippen LogP contribution >= 0.6 is 23.1 Å². The molecule has 0 bridgehead atoms. The molecule has 1 aromatic heterocycles. The second-order valence-electron chi connectivity index (χ2n) is 9.51.